The van der Waals surface area contributed by atoms with Gasteiger partial charge in [-0.15, -0.1) is 0 Å². The van der Waals surface area contributed by atoms with Gasteiger partial charge in [-0.3, -0.25) is 9.59 Å². The topological polar surface area (TPSA) is 90.0 Å². The van der Waals surface area contributed by atoms with Crippen LogP contribution in [0.15, 0.2) is 69.9 Å². The molecule has 0 saturated heterocycles. The Hall–Kier alpha value is -3.10. The van der Waals surface area contributed by atoms with Crippen LogP contribution in [0.1, 0.15) is 85.1 Å². The average Bonchev–Trinajstić information content (AvgIpc) is 2.90. The fourth-order valence-corrected chi connectivity index (χ4v) is 8.00. The second-order valence-electron chi connectivity index (χ2n) is 13.3. The van der Waals surface area contributed by atoms with E-state index in [0.717, 1.165) is 17.8 Å². The minimum Gasteiger partial charge on any atom is -0.490 e. The van der Waals surface area contributed by atoms with E-state index in [2.05, 4.69) is 39.5 Å². The van der Waals surface area contributed by atoms with Crippen LogP contribution >= 0.6 is 11.6 Å². The monoisotopic (exact) mass is 625 g/mol. The fraction of sp³-hybridized carbons (Fsp3) is 0.471. The highest BCUT2D eigenvalue weighted by atomic mass is 35.5. The summed E-state index contributed by atoms with van der Waals surface area (Å²) in [5.74, 6) is -0.598. The maximum absolute atomic E-state index is 14.0. The summed E-state index contributed by atoms with van der Waals surface area (Å²) in [6, 6.07) is 11.1. The summed E-state index contributed by atoms with van der Waals surface area (Å²) in [4.78, 5) is 30.2. The van der Waals surface area contributed by atoms with E-state index in [1.807, 2.05) is 0 Å². The SMILES string of the molecule is CCCN1C2=C(C(=O)CC(C)(C)C2)C(c2cc(Cl)c(OS(=O)(=O)c3ccccc3)c(OCC)c2)C2=C1CC(C)(C)CC2=O. The number of allylic oxidation sites excluding steroid dienone is 4. The number of nitrogens with zero attached hydrogens (tertiary/aromatic N) is 1. The van der Waals surface area contributed by atoms with E-state index in [4.69, 9.17) is 20.5 Å². The molecule has 0 atom stereocenters. The van der Waals surface area contributed by atoms with Crippen LogP contribution in [0.5, 0.6) is 11.5 Å². The molecule has 7 nitrogen and oxygen atoms in total. The molecule has 0 fully saturated rings. The first-order chi connectivity index (χ1) is 20.2. The highest BCUT2D eigenvalue weighted by molar-refractivity contribution is 7.87. The van der Waals surface area contributed by atoms with E-state index in [1.54, 1.807) is 37.3 Å². The van der Waals surface area contributed by atoms with E-state index in [1.165, 1.54) is 12.1 Å². The Morgan fingerprint density at radius 3 is 1.95 bits per heavy atom. The summed E-state index contributed by atoms with van der Waals surface area (Å²) in [7, 11) is -4.21. The Kier molecular flexibility index (Phi) is 8.33. The summed E-state index contributed by atoms with van der Waals surface area (Å²) < 4.78 is 37.7. The van der Waals surface area contributed by atoms with Crippen molar-refractivity contribution in [3.05, 3.63) is 75.6 Å². The summed E-state index contributed by atoms with van der Waals surface area (Å²) in [5, 5.41) is 0.0212. The number of ketones is 2. The van der Waals surface area contributed by atoms with E-state index in [9.17, 15) is 18.0 Å². The Morgan fingerprint density at radius 1 is 0.884 bits per heavy atom. The number of carbonyl (C=O) groups is 2. The first-order valence-corrected chi connectivity index (χ1v) is 16.7. The number of carbonyl (C=O) groups excluding carboxylic acids is 2. The Bertz CT molecular complexity index is 1580. The van der Waals surface area contributed by atoms with Crippen LogP contribution in [0.4, 0.5) is 0 Å². The minimum absolute atomic E-state index is 0.0163. The van der Waals surface area contributed by atoms with Crippen molar-refractivity contribution < 1.29 is 26.9 Å². The van der Waals surface area contributed by atoms with Gasteiger partial charge < -0.3 is 13.8 Å². The predicted octanol–water partition coefficient (Wildman–Crippen LogP) is 7.60. The zero-order valence-corrected chi connectivity index (χ0v) is 27.3. The molecular weight excluding hydrogens is 586 g/mol. The zero-order valence-electron chi connectivity index (χ0n) is 25.8. The molecule has 5 rings (SSSR count). The van der Waals surface area contributed by atoms with Gasteiger partial charge in [0.15, 0.2) is 17.3 Å². The van der Waals surface area contributed by atoms with Crippen molar-refractivity contribution in [2.24, 2.45) is 10.8 Å². The number of rotatable bonds is 8. The summed E-state index contributed by atoms with van der Waals surface area (Å²) in [6.45, 7) is 13.3. The molecular formula is C34H40ClNO6S. The van der Waals surface area contributed by atoms with Crippen molar-refractivity contribution in [1.82, 2.24) is 4.90 Å². The van der Waals surface area contributed by atoms with Gasteiger partial charge in [-0.05, 0) is 66.8 Å². The minimum atomic E-state index is -4.21. The van der Waals surface area contributed by atoms with Crippen LogP contribution in [0, 0.1) is 10.8 Å². The van der Waals surface area contributed by atoms with E-state index in [-0.39, 0.29) is 50.4 Å². The molecule has 9 heteroatoms. The van der Waals surface area contributed by atoms with E-state index >= 15 is 0 Å². The van der Waals surface area contributed by atoms with Crippen LogP contribution < -0.4 is 8.92 Å². The zero-order chi connectivity index (χ0) is 31.3. The first-order valence-electron chi connectivity index (χ1n) is 14.9. The molecule has 43 heavy (non-hydrogen) atoms. The molecule has 0 bridgehead atoms. The van der Waals surface area contributed by atoms with Crippen molar-refractivity contribution in [3.63, 3.8) is 0 Å². The standard InChI is InChI=1S/C34H40ClNO6S/c1-7-14-36-24-17-33(3,4)19-26(37)30(24)29(31-25(36)18-34(5,6)20-27(31)38)21-15-23(35)32(28(16-21)41-8-2)42-43(39,40)22-12-10-9-11-13-22/h9-13,15-16,29H,7-8,14,17-20H2,1-6H3. The second-order valence-corrected chi connectivity index (χ2v) is 15.3. The number of benzene rings is 2. The third-order valence-corrected chi connectivity index (χ3v) is 9.88. The first kappa shape index (κ1) is 31.3. The Labute approximate surface area is 260 Å². The molecule has 0 spiro atoms. The average molecular weight is 626 g/mol. The van der Waals surface area contributed by atoms with Gasteiger partial charge in [-0.2, -0.15) is 8.42 Å². The number of hydrogen-bond acceptors (Lipinski definition) is 7. The van der Waals surface area contributed by atoms with Crippen molar-refractivity contribution >= 4 is 33.3 Å². The van der Waals surface area contributed by atoms with Gasteiger partial charge in [-0.25, -0.2) is 0 Å². The van der Waals surface area contributed by atoms with Crippen molar-refractivity contribution in [2.75, 3.05) is 13.2 Å². The second kappa shape index (κ2) is 11.4. The van der Waals surface area contributed by atoms with Crippen LogP contribution in [0.3, 0.4) is 0 Å². The lowest BCUT2D eigenvalue weighted by Gasteiger charge is -2.49. The van der Waals surface area contributed by atoms with Gasteiger partial charge in [0.25, 0.3) is 0 Å². The van der Waals surface area contributed by atoms with Crippen LogP contribution in [0.2, 0.25) is 5.02 Å². The maximum atomic E-state index is 14.0. The number of hydrogen-bond donors (Lipinski definition) is 0. The van der Waals surface area contributed by atoms with Crippen LogP contribution in [-0.2, 0) is 19.7 Å². The highest BCUT2D eigenvalue weighted by Crippen LogP contribution is 2.55. The number of Topliss-reactive ketones (excluding diaryl/α,β-unsaturated/α-hetero) is 2. The van der Waals surface area contributed by atoms with Gasteiger partial charge in [0.05, 0.1) is 11.6 Å². The lowest BCUT2D eigenvalue weighted by Crippen LogP contribution is -2.44. The third kappa shape index (κ3) is 6.01. The molecule has 0 unspecified atom stereocenters. The van der Waals surface area contributed by atoms with Gasteiger partial charge in [0.1, 0.15) is 4.90 Å². The Morgan fingerprint density at radius 2 is 1.44 bits per heavy atom. The van der Waals surface area contributed by atoms with Gasteiger partial charge in [-0.1, -0.05) is 64.4 Å². The Balaban J connectivity index is 1.72. The molecule has 2 aliphatic carbocycles. The van der Waals surface area contributed by atoms with Gasteiger partial charge in [0, 0.05) is 47.8 Å². The summed E-state index contributed by atoms with van der Waals surface area (Å²) >= 11 is 6.79. The van der Waals surface area contributed by atoms with Crippen molar-refractivity contribution in [3.8, 4) is 11.5 Å². The molecule has 3 aliphatic rings. The number of ether oxygens (including phenoxy) is 1. The molecule has 0 saturated carbocycles. The predicted molar refractivity (Wildman–Crippen MR) is 167 cm³/mol. The molecule has 1 aliphatic heterocycles. The van der Waals surface area contributed by atoms with Gasteiger partial charge >= 0.3 is 10.1 Å². The summed E-state index contributed by atoms with van der Waals surface area (Å²) in [6.07, 6.45) is 3.01. The molecule has 0 N–H and O–H groups in total. The van der Waals surface area contributed by atoms with E-state index in [0.29, 0.717) is 48.9 Å². The van der Waals surface area contributed by atoms with E-state index < -0.39 is 16.0 Å². The molecule has 0 radical (unpaired) electrons. The molecule has 230 valence electrons. The largest absolute Gasteiger partial charge is 0.490 e. The summed E-state index contributed by atoms with van der Waals surface area (Å²) in [5.41, 5.74) is 3.35. The lowest BCUT2D eigenvalue weighted by atomic mass is 9.63. The molecule has 1 heterocycles. The molecule has 0 aromatic heterocycles. The molecule has 0 amide bonds. The smallest absolute Gasteiger partial charge is 0.339 e. The molecule has 2 aromatic rings. The fourth-order valence-electron chi connectivity index (χ4n) is 6.72. The quantitative estimate of drug-likeness (QED) is 0.279. The lowest BCUT2D eigenvalue weighted by molar-refractivity contribution is -0.119. The normalized spacial score (nSPS) is 20.2. The number of halogens is 1. The van der Waals surface area contributed by atoms with Crippen LogP contribution in [-0.4, -0.2) is 38.0 Å². The van der Waals surface area contributed by atoms with Crippen molar-refractivity contribution in [1.29, 1.82) is 0 Å². The van der Waals surface area contributed by atoms with Crippen LogP contribution in [0.25, 0.3) is 0 Å². The maximum Gasteiger partial charge on any atom is 0.339 e. The highest BCUT2D eigenvalue weighted by Gasteiger charge is 2.49. The third-order valence-electron chi connectivity index (χ3n) is 8.36. The van der Waals surface area contributed by atoms with Crippen molar-refractivity contribution in [2.45, 2.75) is 84.5 Å². The van der Waals surface area contributed by atoms with Gasteiger partial charge in [0.2, 0.25) is 5.75 Å². The molecule has 2 aromatic carbocycles.